The minimum Gasteiger partial charge on any atom is -0.354 e. The van der Waals surface area contributed by atoms with E-state index in [0.29, 0.717) is 18.2 Å². The number of rotatable bonds is 4. The molecule has 2 aromatic rings. The van der Waals surface area contributed by atoms with Crippen LogP contribution in [0.15, 0.2) is 30.5 Å². The van der Waals surface area contributed by atoms with E-state index >= 15 is 0 Å². The first-order valence-corrected chi connectivity index (χ1v) is 5.48. The fourth-order valence-corrected chi connectivity index (χ4v) is 1.37. The molecule has 0 saturated heterocycles. The normalized spacial score (nSPS) is 10.2. The van der Waals surface area contributed by atoms with Crippen LogP contribution >= 0.6 is 0 Å². The topological polar surface area (TPSA) is 49.8 Å². The van der Waals surface area contributed by atoms with Crippen molar-refractivity contribution >= 4 is 17.5 Å². The van der Waals surface area contributed by atoms with Gasteiger partial charge in [0.1, 0.15) is 5.82 Å². The van der Waals surface area contributed by atoms with Crippen molar-refractivity contribution in [2.75, 3.05) is 17.2 Å². The number of nitrogens with zero attached hydrogens (tertiary/aromatic N) is 2. The van der Waals surface area contributed by atoms with Gasteiger partial charge in [-0.3, -0.25) is 0 Å². The minimum absolute atomic E-state index is 0.0487. The Hall–Kier alpha value is -2.24. The van der Waals surface area contributed by atoms with Gasteiger partial charge in [0.05, 0.1) is 6.20 Å². The van der Waals surface area contributed by atoms with Crippen LogP contribution in [0.3, 0.4) is 0 Å². The molecule has 0 fully saturated rings. The largest absolute Gasteiger partial charge is 0.354 e. The Balaban J connectivity index is 2.22. The molecule has 0 unspecified atom stereocenters. The zero-order chi connectivity index (χ0) is 13.0. The first-order valence-electron chi connectivity index (χ1n) is 5.48. The van der Waals surface area contributed by atoms with E-state index in [1.807, 2.05) is 6.92 Å². The van der Waals surface area contributed by atoms with Gasteiger partial charge < -0.3 is 10.6 Å². The molecule has 1 heterocycles. The van der Waals surface area contributed by atoms with Crippen LogP contribution in [0.2, 0.25) is 0 Å². The van der Waals surface area contributed by atoms with Crippen LogP contribution in [0.25, 0.3) is 0 Å². The summed E-state index contributed by atoms with van der Waals surface area (Å²) in [6, 6.07) is 5.58. The third-order valence-electron chi connectivity index (χ3n) is 2.19. The molecule has 2 N–H and O–H groups in total. The Bertz CT molecular complexity index is 528. The molecule has 1 aromatic heterocycles. The van der Waals surface area contributed by atoms with Crippen LogP contribution in [-0.2, 0) is 0 Å². The number of hydrogen-bond acceptors (Lipinski definition) is 4. The molecule has 18 heavy (non-hydrogen) atoms. The molecular formula is C12H12F2N4. The summed E-state index contributed by atoms with van der Waals surface area (Å²) in [6.07, 6.45) is 1.08. The van der Waals surface area contributed by atoms with Gasteiger partial charge in [-0.2, -0.15) is 4.98 Å². The molecule has 0 aliphatic heterocycles. The Morgan fingerprint density at radius 1 is 1.17 bits per heavy atom. The second kappa shape index (κ2) is 5.39. The smallest absolute Gasteiger partial charge is 0.224 e. The van der Waals surface area contributed by atoms with Crippen molar-refractivity contribution in [3.05, 3.63) is 42.1 Å². The Morgan fingerprint density at radius 2 is 1.89 bits per heavy atom. The van der Waals surface area contributed by atoms with Gasteiger partial charge in [-0.05, 0) is 31.2 Å². The summed E-state index contributed by atoms with van der Waals surface area (Å²) in [6.45, 7) is 2.53. The molecule has 0 amide bonds. The van der Waals surface area contributed by atoms with Crippen LogP contribution < -0.4 is 10.6 Å². The first kappa shape index (κ1) is 12.2. The van der Waals surface area contributed by atoms with Crippen LogP contribution in [0.5, 0.6) is 0 Å². The van der Waals surface area contributed by atoms with E-state index in [1.54, 1.807) is 0 Å². The van der Waals surface area contributed by atoms with Crippen molar-refractivity contribution in [3.63, 3.8) is 0 Å². The molecular weight excluding hydrogens is 238 g/mol. The zero-order valence-corrected chi connectivity index (χ0v) is 9.74. The van der Waals surface area contributed by atoms with Crippen molar-refractivity contribution < 1.29 is 8.78 Å². The molecule has 0 radical (unpaired) electrons. The van der Waals surface area contributed by atoms with Gasteiger partial charge >= 0.3 is 0 Å². The molecule has 0 bridgehead atoms. The Kier molecular flexibility index (Phi) is 3.66. The maximum atomic E-state index is 13.5. The Labute approximate surface area is 103 Å². The van der Waals surface area contributed by atoms with Crippen molar-refractivity contribution in [1.29, 1.82) is 0 Å². The van der Waals surface area contributed by atoms with Gasteiger partial charge in [0.15, 0.2) is 11.6 Å². The summed E-state index contributed by atoms with van der Waals surface area (Å²) in [7, 11) is 0. The van der Waals surface area contributed by atoms with Gasteiger partial charge in [0.2, 0.25) is 5.95 Å². The molecule has 6 heteroatoms. The van der Waals surface area contributed by atoms with Gasteiger partial charge in [0, 0.05) is 12.2 Å². The SMILES string of the molecule is CCNc1ncc(F)c(Nc2ccc(F)cc2)n1. The predicted molar refractivity (Wildman–Crippen MR) is 65.8 cm³/mol. The predicted octanol–water partition coefficient (Wildman–Crippen LogP) is 2.93. The standard InChI is InChI=1S/C12H12F2N4/c1-2-15-12-16-7-10(14)11(18-12)17-9-5-3-8(13)4-6-9/h3-7H,2H2,1H3,(H2,15,16,17,18). The van der Waals surface area contributed by atoms with Gasteiger partial charge in [-0.1, -0.05) is 0 Å². The Morgan fingerprint density at radius 3 is 2.56 bits per heavy atom. The van der Waals surface area contributed by atoms with Crippen LogP contribution in [-0.4, -0.2) is 16.5 Å². The summed E-state index contributed by atoms with van der Waals surface area (Å²) in [5, 5.41) is 5.65. The van der Waals surface area contributed by atoms with Gasteiger partial charge in [-0.25, -0.2) is 13.8 Å². The lowest BCUT2D eigenvalue weighted by Gasteiger charge is -2.08. The minimum atomic E-state index is -0.569. The molecule has 0 aliphatic rings. The molecule has 0 aliphatic carbocycles. The highest BCUT2D eigenvalue weighted by atomic mass is 19.1. The van der Waals surface area contributed by atoms with Gasteiger partial charge in [0.25, 0.3) is 0 Å². The quantitative estimate of drug-likeness (QED) is 0.876. The van der Waals surface area contributed by atoms with E-state index in [9.17, 15) is 8.78 Å². The summed E-state index contributed by atoms with van der Waals surface area (Å²) < 4.78 is 26.2. The van der Waals surface area contributed by atoms with Gasteiger partial charge in [-0.15, -0.1) is 0 Å². The lowest BCUT2D eigenvalue weighted by atomic mass is 10.3. The highest BCUT2D eigenvalue weighted by Crippen LogP contribution is 2.18. The third-order valence-corrected chi connectivity index (χ3v) is 2.19. The van der Waals surface area contributed by atoms with E-state index in [4.69, 9.17) is 0 Å². The first-order chi connectivity index (χ1) is 8.69. The second-order valence-electron chi connectivity index (χ2n) is 3.55. The average molecular weight is 250 g/mol. The van der Waals surface area contributed by atoms with Crippen molar-refractivity contribution in [2.45, 2.75) is 6.92 Å². The fourth-order valence-electron chi connectivity index (χ4n) is 1.37. The maximum absolute atomic E-state index is 13.5. The van der Waals surface area contributed by atoms with Crippen molar-refractivity contribution in [3.8, 4) is 0 Å². The van der Waals surface area contributed by atoms with Crippen LogP contribution in [0.4, 0.5) is 26.2 Å². The molecule has 2 rings (SSSR count). The molecule has 0 saturated carbocycles. The summed E-state index contributed by atoms with van der Waals surface area (Å²) in [5.41, 5.74) is 0.552. The fraction of sp³-hybridized carbons (Fsp3) is 0.167. The molecule has 0 atom stereocenters. The summed E-state index contributed by atoms with van der Waals surface area (Å²) in [4.78, 5) is 7.76. The number of aromatic nitrogens is 2. The monoisotopic (exact) mass is 250 g/mol. The molecule has 1 aromatic carbocycles. The second-order valence-corrected chi connectivity index (χ2v) is 3.55. The lowest BCUT2D eigenvalue weighted by Crippen LogP contribution is -2.05. The number of nitrogens with one attached hydrogen (secondary N) is 2. The lowest BCUT2D eigenvalue weighted by molar-refractivity contribution is 0.619. The van der Waals surface area contributed by atoms with Crippen LogP contribution in [0, 0.1) is 11.6 Å². The number of anilines is 3. The van der Waals surface area contributed by atoms with E-state index in [0.717, 1.165) is 6.20 Å². The van der Waals surface area contributed by atoms with Crippen LogP contribution in [0.1, 0.15) is 6.92 Å². The zero-order valence-electron chi connectivity index (χ0n) is 9.74. The number of benzene rings is 1. The van der Waals surface area contributed by atoms with E-state index in [2.05, 4.69) is 20.6 Å². The molecule has 94 valence electrons. The summed E-state index contributed by atoms with van der Waals surface area (Å²) in [5.74, 6) is -0.533. The number of hydrogen-bond donors (Lipinski definition) is 2. The average Bonchev–Trinajstić information content (AvgIpc) is 2.36. The van der Waals surface area contributed by atoms with Crippen molar-refractivity contribution in [2.24, 2.45) is 0 Å². The highest BCUT2D eigenvalue weighted by molar-refractivity contribution is 5.57. The molecule has 4 nitrogen and oxygen atoms in total. The highest BCUT2D eigenvalue weighted by Gasteiger charge is 2.06. The van der Waals surface area contributed by atoms with Crippen molar-refractivity contribution in [1.82, 2.24) is 9.97 Å². The van der Waals surface area contributed by atoms with E-state index < -0.39 is 5.82 Å². The maximum Gasteiger partial charge on any atom is 0.224 e. The third kappa shape index (κ3) is 2.91. The van der Waals surface area contributed by atoms with E-state index in [1.165, 1.54) is 24.3 Å². The summed E-state index contributed by atoms with van der Waals surface area (Å²) >= 11 is 0. The number of halogens is 2. The van der Waals surface area contributed by atoms with E-state index in [-0.39, 0.29) is 11.6 Å². The molecule has 0 spiro atoms.